The maximum Gasteiger partial charge on any atom is 0.0693 e. The molecule has 2 N–H and O–H groups in total. The van der Waals surface area contributed by atoms with Gasteiger partial charge in [-0.2, -0.15) is 5.10 Å². The molecule has 0 aromatic carbocycles. The molecule has 0 bridgehead atoms. The summed E-state index contributed by atoms with van der Waals surface area (Å²) in [5, 5.41) is 18.0. The van der Waals surface area contributed by atoms with E-state index >= 15 is 0 Å². The third kappa shape index (κ3) is 2.93. The molecule has 4 nitrogen and oxygen atoms in total. The summed E-state index contributed by atoms with van der Waals surface area (Å²) >= 11 is 0. The zero-order valence-electron chi connectivity index (χ0n) is 11.7. The lowest BCUT2D eigenvalue weighted by Gasteiger charge is -2.22. The Bertz CT molecular complexity index is 400. The first kappa shape index (κ1) is 13.6. The van der Waals surface area contributed by atoms with Crippen LogP contribution in [-0.2, 0) is 13.6 Å². The van der Waals surface area contributed by atoms with Crippen LogP contribution in [0.5, 0.6) is 0 Å². The van der Waals surface area contributed by atoms with Gasteiger partial charge in [-0.3, -0.25) is 4.68 Å². The van der Waals surface area contributed by atoms with Crippen LogP contribution in [0, 0.1) is 13.8 Å². The number of aliphatic hydroxyl groups excluding tert-OH is 1. The summed E-state index contributed by atoms with van der Waals surface area (Å²) in [5.74, 6) is 0. The van der Waals surface area contributed by atoms with Gasteiger partial charge in [0.1, 0.15) is 0 Å². The predicted octanol–water partition coefficient (Wildman–Crippen LogP) is 1.82. The molecule has 4 heteroatoms. The van der Waals surface area contributed by atoms with Gasteiger partial charge in [0.2, 0.25) is 0 Å². The summed E-state index contributed by atoms with van der Waals surface area (Å²) in [4.78, 5) is 0. The molecule has 0 aliphatic heterocycles. The minimum absolute atomic E-state index is 0.190. The SMILES string of the molecule is Cc1nn(C)c(C)c1CNC1CCCCCC1O. The topological polar surface area (TPSA) is 50.1 Å². The molecule has 1 aromatic heterocycles. The van der Waals surface area contributed by atoms with Gasteiger partial charge in [0.25, 0.3) is 0 Å². The standard InChI is InChI=1S/C14H25N3O/c1-10-12(11(2)17(3)16-10)9-15-13-7-5-4-6-8-14(13)18/h13-15,18H,4-9H2,1-3H3. The zero-order chi connectivity index (χ0) is 13.1. The summed E-state index contributed by atoms with van der Waals surface area (Å²) in [5.41, 5.74) is 3.57. The molecule has 0 spiro atoms. The van der Waals surface area contributed by atoms with Crippen LogP contribution >= 0.6 is 0 Å². The van der Waals surface area contributed by atoms with E-state index in [1.54, 1.807) is 0 Å². The van der Waals surface area contributed by atoms with E-state index < -0.39 is 0 Å². The number of rotatable bonds is 3. The summed E-state index contributed by atoms with van der Waals surface area (Å²) in [6, 6.07) is 0.242. The van der Waals surface area contributed by atoms with E-state index in [4.69, 9.17) is 0 Å². The van der Waals surface area contributed by atoms with Crippen molar-refractivity contribution in [2.24, 2.45) is 7.05 Å². The zero-order valence-corrected chi connectivity index (χ0v) is 11.7. The van der Waals surface area contributed by atoms with E-state index in [9.17, 15) is 5.11 Å². The van der Waals surface area contributed by atoms with Gasteiger partial charge in [-0.1, -0.05) is 19.3 Å². The van der Waals surface area contributed by atoms with Crippen LogP contribution in [0.1, 0.15) is 49.1 Å². The maximum atomic E-state index is 10.1. The van der Waals surface area contributed by atoms with Crippen LogP contribution in [0.4, 0.5) is 0 Å². The van der Waals surface area contributed by atoms with Crippen molar-refractivity contribution in [2.75, 3.05) is 0 Å². The van der Waals surface area contributed by atoms with E-state index in [1.807, 2.05) is 18.7 Å². The molecule has 102 valence electrons. The van der Waals surface area contributed by atoms with Crippen molar-refractivity contribution in [3.8, 4) is 0 Å². The second kappa shape index (κ2) is 5.85. The van der Waals surface area contributed by atoms with Crippen molar-refractivity contribution in [1.82, 2.24) is 15.1 Å². The molecule has 1 aromatic rings. The molecule has 2 atom stereocenters. The Balaban J connectivity index is 1.97. The summed E-state index contributed by atoms with van der Waals surface area (Å²) in [7, 11) is 1.98. The molecule has 2 rings (SSSR count). The Kier molecular flexibility index (Phi) is 4.40. The molecule has 0 radical (unpaired) electrons. The fourth-order valence-electron chi connectivity index (χ4n) is 2.83. The maximum absolute atomic E-state index is 10.1. The monoisotopic (exact) mass is 251 g/mol. The van der Waals surface area contributed by atoms with Crippen molar-refractivity contribution in [2.45, 2.75) is 64.6 Å². The average Bonchev–Trinajstić information content (AvgIpc) is 2.51. The van der Waals surface area contributed by atoms with Gasteiger partial charge in [-0.05, 0) is 26.7 Å². The number of hydrogen-bond acceptors (Lipinski definition) is 3. The molecule has 0 saturated heterocycles. The highest BCUT2D eigenvalue weighted by Crippen LogP contribution is 2.19. The van der Waals surface area contributed by atoms with Crippen molar-refractivity contribution >= 4 is 0 Å². The number of nitrogens with zero attached hydrogens (tertiary/aromatic N) is 2. The average molecular weight is 251 g/mol. The summed E-state index contributed by atoms with van der Waals surface area (Å²) in [6.07, 6.45) is 5.46. The number of aliphatic hydroxyl groups is 1. The Morgan fingerprint density at radius 2 is 2.00 bits per heavy atom. The lowest BCUT2D eigenvalue weighted by atomic mass is 10.1. The second-order valence-electron chi connectivity index (χ2n) is 5.47. The van der Waals surface area contributed by atoms with Crippen LogP contribution in [0.25, 0.3) is 0 Å². The Morgan fingerprint density at radius 3 is 2.67 bits per heavy atom. The van der Waals surface area contributed by atoms with Gasteiger partial charge in [0.15, 0.2) is 0 Å². The minimum atomic E-state index is -0.190. The first-order valence-corrected chi connectivity index (χ1v) is 7.00. The molecule has 1 aliphatic carbocycles. The first-order valence-electron chi connectivity index (χ1n) is 7.00. The van der Waals surface area contributed by atoms with Crippen molar-refractivity contribution in [3.63, 3.8) is 0 Å². The highest BCUT2D eigenvalue weighted by Gasteiger charge is 2.21. The van der Waals surface area contributed by atoms with Crippen LogP contribution in [0.2, 0.25) is 0 Å². The smallest absolute Gasteiger partial charge is 0.0693 e. The predicted molar refractivity (Wildman–Crippen MR) is 72.4 cm³/mol. The summed E-state index contributed by atoms with van der Waals surface area (Å²) in [6.45, 7) is 4.96. The third-order valence-electron chi connectivity index (χ3n) is 4.18. The molecule has 1 aliphatic rings. The second-order valence-corrected chi connectivity index (χ2v) is 5.47. The number of hydrogen-bond donors (Lipinski definition) is 2. The lowest BCUT2D eigenvalue weighted by Crippen LogP contribution is -2.38. The Hall–Kier alpha value is -0.870. The normalized spacial score (nSPS) is 25.1. The lowest BCUT2D eigenvalue weighted by molar-refractivity contribution is 0.119. The van der Waals surface area contributed by atoms with Gasteiger partial charge in [0.05, 0.1) is 11.8 Å². The molecule has 2 unspecified atom stereocenters. The quantitative estimate of drug-likeness (QED) is 0.806. The molecular weight excluding hydrogens is 226 g/mol. The highest BCUT2D eigenvalue weighted by molar-refractivity contribution is 5.24. The molecule has 18 heavy (non-hydrogen) atoms. The first-order chi connectivity index (χ1) is 8.59. The van der Waals surface area contributed by atoms with E-state index in [0.29, 0.717) is 0 Å². The van der Waals surface area contributed by atoms with Gasteiger partial charge < -0.3 is 10.4 Å². The van der Waals surface area contributed by atoms with E-state index in [2.05, 4.69) is 17.3 Å². The highest BCUT2D eigenvalue weighted by atomic mass is 16.3. The molecule has 1 saturated carbocycles. The number of aromatic nitrogens is 2. The van der Waals surface area contributed by atoms with Gasteiger partial charge in [-0.25, -0.2) is 0 Å². The van der Waals surface area contributed by atoms with Crippen LogP contribution < -0.4 is 5.32 Å². The van der Waals surface area contributed by atoms with Gasteiger partial charge in [0, 0.05) is 30.9 Å². The van der Waals surface area contributed by atoms with Gasteiger partial charge >= 0.3 is 0 Å². The fourth-order valence-corrected chi connectivity index (χ4v) is 2.83. The molecule has 0 amide bonds. The molecule has 1 heterocycles. The van der Waals surface area contributed by atoms with Crippen LogP contribution in [-0.4, -0.2) is 27.0 Å². The minimum Gasteiger partial charge on any atom is -0.392 e. The fraction of sp³-hybridized carbons (Fsp3) is 0.786. The molecular formula is C14H25N3O. The molecule has 1 fully saturated rings. The number of nitrogens with one attached hydrogen (secondary N) is 1. The van der Waals surface area contributed by atoms with E-state index in [0.717, 1.165) is 31.5 Å². The van der Waals surface area contributed by atoms with Crippen molar-refractivity contribution in [1.29, 1.82) is 0 Å². The Morgan fingerprint density at radius 1 is 1.28 bits per heavy atom. The van der Waals surface area contributed by atoms with E-state index in [-0.39, 0.29) is 12.1 Å². The van der Waals surface area contributed by atoms with Crippen LogP contribution in [0.3, 0.4) is 0 Å². The Labute approximate surface area is 109 Å². The van der Waals surface area contributed by atoms with Gasteiger partial charge in [-0.15, -0.1) is 0 Å². The van der Waals surface area contributed by atoms with E-state index in [1.165, 1.54) is 24.1 Å². The summed E-state index contributed by atoms with van der Waals surface area (Å²) < 4.78 is 1.93. The van der Waals surface area contributed by atoms with Crippen molar-refractivity contribution < 1.29 is 5.11 Å². The van der Waals surface area contributed by atoms with Crippen LogP contribution in [0.15, 0.2) is 0 Å². The third-order valence-corrected chi connectivity index (χ3v) is 4.18. The largest absolute Gasteiger partial charge is 0.392 e. The number of aryl methyl sites for hydroxylation is 2. The van der Waals surface area contributed by atoms with Crippen molar-refractivity contribution in [3.05, 3.63) is 17.0 Å².